The summed E-state index contributed by atoms with van der Waals surface area (Å²) in [6, 6.07) is 0. The first-order chi connectivity index (χ1) is 10.1. The summed E-state index contributed by atoms with van der Waals surface area (Å²) in [7, 11) is 1.67. The Morgan fingerprint density at radius 2 is 2.14 bits per heavy atom. The molecule has 0 saturated carbocycles. The molecule has 0 unspecified atom stereocenters. The minimum atomic E-state index is 0.0523. The Kier molecular flexibility index (Phi) is 8.45. The molecule has 1 rings (SSSR count). The van der Waals surface area contributed by atoms with Crippen molar-refractivity contribution in [2.45, 2.75) is 51.7 Å². The second kappa shape index (κ2) is 9.84. The van der Waals surface area contributed by atoms with Crippen molar-refractivity contribution in [2.75, 3.05) is 26.0 Å². The number of unbranched alkanes of at least 4 members (excludes halogenated alkanes) is 1. The summed E-state index contributed by atoms with van der Waals surface area (Å²) in [5, 5.41) is 3.84. The molecule has 0 atom stereocenters. The number of ether oxygens (including phenoxy) is 1. The van der Waals surface area contributed by atoms with E-state index in [-0.39, 0.29) is 5.91 Å². The predicted octanol–water partition coefficient (Wildman–Crippen LogP) is 2.54. The third-order valence-electron chi connectivity index (χ3n) is 3.34. The van der Waals surface area contributed by atoms with Crippen molar-refractivity contribution in [3.63, 3.8) is 0 Å². The normalized spacial score (nSPS) is 10.9. The Bertz CT molecular complexity index is 446. The van der Waals surface area contributed by atoms with Gasteiger partial charge in [0.05, 0.1) is 11.4 Å². The summed E-state index contributed by atoms with van der Waals surface area (Å²) in [6.45, 7) is 8.60. The zero-order valence-corrected chi connectivity index (χ0v) is 14.4. The Balaban J connectivity index is 2.47. The lowest BCUT2D eigenvalue weighted by Gasteiger charge is -2.09. The number of hydrogen-bond acceptors (Lipinski definition) is 4. The maximum absolute atomic E-state index is 11.8. The van der Waals surface area contributed by atoms with E-state index in [1.807, 2.05) is 6.92 Å². The van der Waals surface area contributed by atoms with Gasteiger partial charge in [-0.15, -0.1) is 0 Å². The fraction of sp³-hybridized carbons (Fsp3) is 0.733. The average molecular weight is 313 g/mol. The Morgan fingerprint density at radius 3 is 2.81 bits per heavy atom. The molecule has 6 heteroatoms. The lowest BCUT2D eigenvalue weighted by Crippen LogP contribution is -2.27. The fourth-order valence-electron chi connectivity index (χ4n) is 1.94. The molecule has 0 aliphatic heterocycles. The first kappa shape index (κ1) is 18.0. The molecule has 1 heterocycles. The molecule has 0 aromatic carbocycles. The highest BCUT2D eigenvalue weighted by Gasteiger charge is 2.12. The van der Waals surface area contributed by atoms with Crippen LogP contribution in [0.15, 0.2) is 5.16 Å². The summed E-state index contributed by atoms with van der Waals surface area (Å²) in [5.41, 5.74) is 2.25. The van der Waals surface area contributed by atoms with Gasteiger partial charge in [0.15, 0.2) is 5.16 Å². The van der Waals surface area contributed by atoms with E-state index in [1.165, 1.54) is 17.5 Å². The summed E-state index contributed by atoms with van der Waals surface area (Å²) in [5.74, 6) is 0.464. The van der Waals surface area contributed by atoms with Crippen molar-refractivity contribution in [1.29, 1.82) is 0 Å². The number of nitrogens with zero attached hydrogens (tertiary/aromatic N) is 2. The summed E-state index contributed by atoms with van der Waals surface area (Å²) in [6.07, 6.45) is 3.13. The lowest BCUT2D eigenvalue weighted by molar-refractivity contribution is -0.118. The number of imidazole rings is 1. The van der Waals surface area contributed by atoms with Crippen LogP contribution in [0.4, 0.5) is 0 Å². The molecule has 1 N–H and O–H groups in total. The van der Waals surface area contributed by atoms with Crippen LogP contribution < -0.4 is 5.32 Å². The number of aryl methyl sites for hydroxylation is 1. The first-order valence-electron chi connectivity index (χ1n) is 7.52. The van der Waals surface area contributed by atoms with Crippen LogP contribution in [0.5, 0.6) is 0 Å². The second-order valence-electron chi connectivity index (χ2n) is 5.06. The van der Waals surface area contributed by atoms with Gasteiger partial charge < -0.3 is 14.6 Å². The molecule has 1 amide bonds. The van der Waals surface area contributed by atoms with Gasteiger partial charge in [-0.2, -0.15) is 0 Å². The predicted molar refractivity (Wildman–Crippen MR) is 86.8 cm³/mol. The van der Waals surface area contributed by atoms with Crippen molar-refractivity contribution < 1.29 is 9.53 Å². The van der Waals surface area contributed by atoms with E-state index in [0.29, 0.717) is 18.9 Å². The maximum atomic E-state index is 11.8. The van der Waals surface area contributed by atoms with Gasteiger partial charge in [-0.1, -0.05) is 25.1 Å². The molecule has 0 radical (unpaired) electrons. The molecule has 0 bridgehead atoms. The van der Waals surface area contributed by atoms with Crippen LogP contribution in [-0.2, 0) is 16.1 Å². The molecule has 1 aromatic rings. The second-order valence-corrected chi connectivity index (χ2v) is 6.00. The van der Waals surface area contributed by atoms with Crippen molar-refractivity contribution in [1.82, 2.24) is 14.9 Å². The highest BCUT2D eigenvalue weighted by atomic mass is 32.2. The zero-order chi connectivity index (χ0) is 15.7. The monoisotopic (exact) mass is 313 g/mol. The topological polar surface area (TPSA) is 56.2 Å². The first-order valence-corrected chi connectivity index (χ1v) is 8.50. The third-order valence-corrected chi connectivity index (χ3v) is 4.31. The molecular formula is C15H27N3O2S. The van der Waals surface area contributed by atoms with Gasteiger partial charge in [-0.05, 0) is 26.7 Å². The largest absolute Gasteiger partial charge is 0.385 e. The van der Waals surface area contributed by atoms with E-state index in [1.54, 1.807) is 7.11 Å². The zero-order valence-electron chi connectivity index (χ0n) is 13.6. The third kappa shape index (κ3) is 6.09. The Labute approximate surface area is 131 Å². The summed E-state index contributed by atoms with van der Waals surface area (Å²) in [4.78, 5) is 16.4. The quantitative estimate of drug-likeness (QED) is 0.533. The molecule has 0 saturated heterocycles. The van der Waals surface area contributed by atoms with Gasteiger partial charge in [0.1, 0.15) is 0 Å². The van der Waals surface area contributed by atoms with E-state index in [0.717, 1.165) is 36.7 Å². The number of carbonyl (C=O) groups excluding carboxylic acids is 1. The molecular weight excluding hydrogens is 286 g/mol. The van der Waals surface area contributed by atoms with Crippen LogP contribution in [0.3, 0.4) is 0 Å². The fourth-order valence-corrected chi connectivity index (χ4v) is 2.89. The van der Waals surface area contributed by atoms with Gasteiger partial charge in [0.2, 0.25) is 5.91 Å². The van der Waals surface area contributed by atoms with Gasteiger partial charge >= 0.3 is 0 Å². The minimum Gasteiger partial charge on any atom is -0.385 e. The number of thioether (sulfide) groups is 1. The number of methoxy groups -OCH3 is 1. The van der Waals surface area contributed by atoms with Crippen molar-refractivity contribution in [3.05, 3.63) is 11.4 Å². The van der Waals surface area contributed by atoms with E-state index in [9.17, 15) is 4.79 Å². The molecule has 5 nitrogen and oxygen atoms in total. The van der Waals surface area contributed by atoms with E-state index in [2.05, 4.69) is 28.7 Å². The van der Waals surface area contributed by atoms with E-state index in [4.69, 9.17) is 4.74 Å². The van der Waals surface area contributed by atoms with Gasteiger partial charge in [-0.3, -0.25) is 4.79 Å². The van der Waals surface area contributed by atoms with Crippen LogP contribution >= 0.6 is 11.8 Å². The number of aromatic nitrogens is 2. The van der Waals surface area contributed by atoms with Gasteiger partial charge in [0, 0.05) is 32.5 Å². The summed E-state index contributed by atoms with van der Waals surface area (Å²) >= 11 is 1.51. The SMILES string of the molecule is CCCCn1c(SCC(=O)NCCCOC)nc(C)c1C. The average Bonchev–Trinajstić information content (AvgIpc) is 2.74. The number of nitrogens with one attached hydrogen (secondary N) is 1. The van der Waals surface area contributed by atoms with Crippen LogP contribution in [0.2, 0.25) is 0 Å². The summed E-state index contributed by atoms with van der Waals surface area (Å²) < 4.78 is 7.18. The van der Waals surface area contributed by atoms with Gasteiger partial charge in [-0.25, -0.2) is 4.98 Å². The Morgan fingerprint density at radius 1 is 1.38 bits per heavy atom. The van der Waals surface area contributed by atoms with Crippen LogP contribution in [0.25, 0.3) is 0 Å². The maximum Gasteiger partial charge on any atom is 0.230 e. The molecule has 0 fully saturated rings. The number of amides is 1. The smallest absolute Gasteiger partial charge is 0.230 e. The number of carbonyl (C=O) groups is 1. The van der Waals surface area contributed by atoms with Crippen LogP contribution in [0.1, 0.15) is 37.6 Å². The van der Waals surface area contributed by atoms with Gasteiger partial charge in [0.25, 0.3) is 0 Å². The molecule has 0 aliphatic carbocycles. The molecule has 120 valence electrons. The molecule has 0 aliphatic rings. The highest BCUT2D eigenvalue weighted by molar-refractivity contribution is 7.99. The molecule has 1 aromatic heterocycles. The highest BCUT2D eigenvalue weighted by Crippen LogP contribution is 2.21. The lowest BCUT2D eigenvalue weighted by atomic mass is 10.3. The van der Waals surface area contributed by atoms with Crippen LogP contribution in [0, 0.1) is 13.8 Å². The number of hydrogen-bond donors (Lipinski definition) is 1. The van der Waals surface area contributed by atoms with E-state index >= 15 is 0 Å². The van der Waals surface area contributed by atoms with Crippen molar-refractivity contribution in [2.24, 2.45) is 0 Å². The molecule has 0 spiro atoms. The van der Waals surface area contributed by atoms with Crippen LogP contribution in [-0.4, -0.2) is 41.5 Å². The minimum absolute atomic E-state index is 0.0523. The standard InChI is InChI=1S/C15H27N3O2S/c1-5-6-9-18-13(3)12(2)17-15(18)21-11-14(19)16-8-7-10-20-4/h5-11H2,1-4H3,(H,16,19). The Hall–Kier alpha value is -1.01. The molecule has 21 heavy (non-hydrogen) atoms. The van der Waals surface area contributed by atoms with Crippen molar-refractivity contribution >= 4 is 17.7 Å². The number of rotatable bonds is 10. The van der Waals surface area contributed by atoms with E-state index < -0.39 is 0 Å². The van der Waals surface area contributed by atoms with Crippen molar-refractivity contribution in [3.8, 4) is 0 Å².